The fourth-order valence-electron chi connectivity index (χ4n) is 0.839. The second kappa shape index (κ2) is 7.95. The highest BCUT2D eigenvalue weighted by atomic mass is 28.4. The van der Waals surface area contributed by atoms with E-state index >= 15 is 0 Å². The van der Waals surface area contributed by atoms with Crippen molar-refractivity contribution < 1.29 is 32.3 Å². The Morgan fingerprint density at radius 2 is 1.41 bits per heavy atom. The molecule has 8 heteroatoms. The molecule has 0 fully saturated rings. The average Bonchev–Trinajstić information content (AvgIpc) is 2.38. The van der Waals surface area contributed by atoms with Gasteiger partial charge in [0.1, 0.15) is 0 Å². The van der Waals surface area contributed by atoms with Crippen LogP contribution in [0.1, 0.15) is 0 Å². The number of methoxy groups -OCH3 is 1. The van der Waals surface area contributed by atoms with E-state index in [0.717, 1.165) is 12.2 Å². The molecule has 0 amide bonds. The van der Waals surface area contributed by atoms with Gasteiger partial charge < -0.3 is 22.8 Å². The lowest BCUT2D eigenvalue weighted by molar-refractivity contribution is -0.139. The monoisotopic (exact) mass is 264 g/mol. The Morgan fingerprint density at radius 3 is 1.82 bits per heavy atom. The van der Waals surface area contributed by atoms with Crippen LogP contribution in [0.4, 0.5) is 0 Å². The molecule has 0 heterocycles. The highest BCUT2D eigenvalue weighted by Gasteiger charge is 2.39. The van der Waals surface area contributed by atoms with Crippen molar-refractivity contribution in [1.82, 2.24) is 0 Å². The van der Waals surface area contributed by atoms with Crippen LogP contribution in [0.5, 0.6) is 0 Å². The smallest absolute Gasteiger partial charge is 0.466 e. The first-order chi connectivity index (χ1) is 8.03. The Bertz CT molecular complexity index is 277. The minimum absolute atomic E-state index is 0.138. The van der Waals surface area contributed by atoms with Gasteiger partial charge in [0.15, 0.2) is 6.23 Å². The fraction of sp³-hybridized carbons (Fsp3) is 0.556. The van der Waals surface area contributed by atoms with Crippen molar-refractivity contribution in [3.8, 4) is 0 Å². The van der Waals surface area contributed by atoms with E-state index in [2.05, 4.69) is 4.74 Å². The molecule has 17 heavy (non-hydrogen) atoms. The standard InChI is InChI=1S/C9H16O7Si/c1-12-8(10)5-6-9(11)16-7-17(13-2,14-3)15-4/h5-6H,7H2,1-4H3. The first-order valence-corrected chi connectivity index (χ1v) is 6.55. The molecular weight excluding hydrogens is 248 g/mol. The van der Waals surface area contributed by atoms with E-state index in [1.165, 1.54) is 28.4 Å². The van der Waals surface area contributed by atoms with Crippen molar-refractivity contribution in [2.45, 2.75) is 0 Å². The van der Waals surface area contributed by atoms with Crippen molar-refractivity contribution in [3.05, 3.63) is 12.2 Å². The van der Waals surface area contributed by atoms with Gasteiger partial charge in [-0.3, -0.25) is 0 Å². The van der Waals surface area contributed by atoms with Gasteiger partial charge in [-0.15, -0.1) is 0 Å². The summed E-state index contributed by atoms with van der Waals surface area (Å²) in [6.45, 7) is 0. The molecule has 0 unspecified atom stereocenters. The summed E-state index contributed by atoms with van der Waals surface area (Å²) >= 11 is 0. The molecule has 0 saturated carbocycles. The van der Waals surface area contributed by atoms with Crippen LogP contribution < -0.4 is 0 Å². The number of hydrogen-bond acceptors (Lipinski definition) is 7. The maximum absolute atomic E-state index is 11.2. The van der Waals surface area contributed by atoms with Gasteiger partial charge in [-0.05, 0) is 0 Å². The summed E-state index contributed by atoms with van der Waals surface area (Å²) in [6, 6.07) is 0. The van der Waals surface area contributed by atoms with E-state index in [1.807, 2.05) is 0 Å². The van der Waals surface area contributed by atoms with Gasteiger partial charge in [0.2, 0.25) is 0 Å². The van der Waals surface area contributed by atoms with E-state index < -0.39 is 20.7 Å². The number of rotatable bonds is 7. The second-order valence-electron chi connectivity index (χ2n) is 2.76. The molecule has 0 bridgehead atoms. The molecule has 7 nitrogen and oxygen atoms in total. The third-order valence-electron chi connectivity index (χ3n) is 1.88. The van der Waals surface area contributed by atoms with Crippen molar-refractivity contribution in [2.24, 2.45) is 0 Å². The third-order valence-corrected chi connectivity index (χ3v) is 4.24. The summed E-state index contributed by atoms with van der Waals surface area (Å²) < 4.78 is 24.2. The number of esters is 2. The summed E-state index contributed by atoms with van der Waals surface area (Å²) in [6.07, 6.45) is 1.77. The summed E-state index contributed by atoms with van der Waals surface area (Å²) in [5, 5.41) is 0. The van der Waals surface area contributed by atoms with Gasteiger partial charge in [-0.1, -0.05) is 0 Å². The lowest BCUT2D eigenvalue weighted by atomic mass is 10.5. The average molecular weight is 264 g/mol. The van der Waals surface area contributed by atoms with Gasteiger partial charge in [-0.2, -0.15) is 0 Å². The Labute approximate surface area is 101 Å². The van der Waals surface area contributed by atoms with E-state index in [0.29, 0.717) is 0 Å². The molecule has 0 aromatic rings. The molecule has 0 rings (SSSR count). The van der Waals surface area contributed by atoms with Gasteiger partial charge in [0, 0.05) is 33.5 Å². The summed E-state index contributed by atoms with van der Waals surface area (Å²) in [5.41, 5.74) is 0. The Kier molecular flexibility index (Phi) is 7.38. The van der Waals surface area contributed by atoms with Crippen LogP contribution in [0.2, 0.25) is 0 Å². The van der Waals surface area contributed by atoms with Crippen molar-refractivity contribution in [2.75, 3.05) is 34.7 Å². The largest absolute Gasteiger partial charge is 0.539 e. The first-order valence-electron chi connectivity index (χ1n) is 4.61. The third kappa shape index (κ3) is 5.59. The quantitative estimate of drug-likeness (QED) is 0.354. The fourth-order valence-corrected chi connectivity index (χ4v) is 2.01. The van der Waals surface area contributed by atoms with Crippen molar-refractivity contribution >= 4 is 20.7 Å². The molecule has 0 aliphatic carbocycles. The van der Waals surface area contributed by atoms with E-state index in [-0.39, 0.29) is 6.23 Å². The zero-order valence-corrected chi connectivity index (χ0v) is 11.2. The minimum atomic E-state index is -2.94. The first kappa shape index (κ1) is 15.8. The number of carbonyl (C=O) groups is 2. The van der Waals surface area contributed by atoms with Gasteiger partial charge in [0.05, 0.1) is 7.11 Å². The van der Waals surface area contributed by atoms with Crippen LogP contribution in [-0.2, 0) is 32.3 Å². The van der Waals surface area contributed by atoms with Crippen LogP contribution in [0.3, 0.4) is 0 Å². The zero-order valence-electron chi connectivity index (χ0n) is 10.2. The molecule has 0 aromatic carbocycles. The molecule has 0 radical (unpaired) electrons. The Hall–Kier alpha value is -1.22. The lowest BCUT2D eigenvalue weighted by Crippen LogP contribution is -2.48. The molecule has 0 N–H and O–H groups in total. The van der Waals surface area contributed by atoms with E-state index in [1.54, 1.807) is 0 Å². The molecular formula is C9H16O7Si. The summed E-state index contributed by atoms with van der Waals surface area (Å²) in [7, 11) is 2.47. The predicted molar refractivity (Wildman–Crippen MR) is 58.9 cm³/mol. The number of ether oxygens (including phenoxy) is 2. The van der Waals surface area contributed by atoms with Crippen molar-refractivity contribution in [1.29, 1.82) is 0 Å². The summed E-state index contributed by atoms with van der Waals surface area (Å²) in [4.78, 5) is 21.9. The molecule has 0 spiro atoms. The van der Waals surface area contributed by atoms with Crippen LogP contribution >= 0.6 is 0 Å². The van der Waals surface area contributed by atoms with Crippen molar-refractivity contribution in [3.63, 3.8) is 0 Å². The lowest BCUT2D eigenvalue weighted by Gasteiger charge is -2.23. The minimum Gasteiger partial charge on any atom is -0.466 e. The van der Waals surface area contributed by atoms with Crippen LogP contribution in [0.25, 0.3) is 0 Å². The Morgan fingerprint density at radius 1 is 0.941 bits per heavy atom. The molecule has 0 aliphatic rings. The maximum atomic E-state index is 11.2. The normalized spacial score (nSPS) is 11.5. The van der Waals surface area contributed by atoms with Crippen LogP contribution in [-0.4, -0.2) is 55.4 Å². The number of hydrogen-bond donors (Lipinski definition) is 0. The molecule has 0 atom stereocenters. The van der Waals surface area contributed by atoms with E-state index in [9.17, 15) is 9.59 Å². The zero-order chi connectivity index (χ0) is 13.3. The van der Waals surface area contributed by atoms with Crippen LogP contribution in [0.15, 0.2) is 12.2 Å². The Balaban J connectivity index is 4.23. The molecule has 0 aromatic heterocycles. The predicted octanol–water partition coefficient (Wildman–Crippen LogP) is -0.324. The highest BCUT2D eigenvalue weighted by molar-refractivity contribution is 6.60. The van der Waals surface area contributed by atoms with Gasteiger partial charge in [0.25, 0.3) is 0 Å². The highest BCUT2D eigenvalue weighted by Crippen LogP contribution is 2.06. The SMILES string of the molecule is COC(=O)C=CC(=O)OC[Si](OC)(OC)OC. The van der Waals surface area contributed by atoms with Gasteiger partial charge >= 0.3 is 20.7 Å². The molecule has 0 aliphatic heterocycles. The molecule has 0 saturated heterocycles. The van der Waals surface area contributed by atoms with Crippen LogP contribution in [0, 0.1) is 0 Å². The topological polar surface area (TPSA) is 80.3 Å². The molecule has 98 valence electrons. The van der Waals surface area contributed by atoms with Gasteiger partial charge in [-0.25, -0.2) is 9.59 Å². The number of carbonyl (C=O) groups excluding carboxylic acids is 2. The van der Waals surface area contributed by atoms with E-state index in [4.69, 9.17) is 18.0 Å². The second-order valence-corrected chi connectivity index (χ2v) is 5.64. The summed E-state index contributed by atoms with van der Waals surface area (Å²) in [5.74, 6) is -1.35. The maximum Gasteiger partial charge on any atom is 0.539 e.